The Bertz CT molecular complexity index is 1820. The average molecular weight is 665 g/mol. The summed E-state index contributed by atoms with van der Waals surface area (Å²) in [7, 11) is -1.64. The number of hydrogen-bond donors (Lipinski definition) is 1. The molecule has 4 rings (SSSR count). The molecule has 0 heterocycles. The van der Waals surface area contributed by atoms with Crippen LogP contribution in [0.15, 0.2) is 102 Å². The molecule has 1 atom stereocenters. The molecule has 4 aromatic carbocycles. The van der Waals surface area contributed by atoms with Crippen LogP contribution in [0.1, 0.15) is 16.7 Å². The highest BCUT2D eigenvalue weighted by Crippen LogP contribution is 2.30. The molecule has 1 N–H and O–H groups in total. The molecular weight excluding hydrogens is 632 g/mol. The number of carbonyl (C=O) groups is 2. The summed E-state index contributed by atoms with van der Waals surface area (Å²) in [6, 6.07) is 24.5. The van der Waals surface area contributed by atoms with E-state index in [9.17, 15) is 28.1 Å². The number of nitro groups is 1. The van der Waals surface area contributed by atoms with E-state index in [1.165, 1.54) is 62.4 Å². The number of nitrogens with one attached hydrogen (secondary N) is 1. The van der Waals surface area contributed by atoms with Crippen molar-refractivity contribution in [2.45, 2.75) is 30.8 Å². The van der Waals surface area contributed by atoms with Gasteiger partial charge in [0.15, 0.2) is 0 Å². The van der Waals surface area contributed by atoms with Crippen LogP contribution in [0, 0.1) is 17.0 Å². The SMILES string of the molecule is CNC(=O)[C@H](Cc1ccccc1)N(Cc1ccccc1Cl)C(=O)CN(c1ccc(OC)cc1)S(=O)(=O)c1ccc(C)c([N+](=O)[O-])c1. The Hall–Kier alpha value is -4.94. The van der Waals surface area contributed by atoms with Crippen molar-refractivity contribution >= 4 is 44.8 Å². The van der Waals surface area contributed by atoms with Crippen molar-refractivity contribution in [1.82, 2.24) is 10.2 Å². The highest BCUT2D eigenvalue weighted by molar-refractivity contribution is 7.92. The number of carbonyl (C=O) groups excluding carboxylic acids is 2. The van der Waals surface area contributed by atoms with Crippen molar-refractivity contribution in [2.75, 3.05) is 25.0 Å². The van der Waals surface area contributed by atoms with E-state index in [2.05, 4.69) is 5.32 Å². The minimum Gasteiger partial charge on any atom is -0.497 e. The van der Waals surface area contributed by atoms with Crippen LogP contribution in [0.25, 0.3) is 0 Å². The minimum absolute atomic E-state index is 0.101. The number of likely N-dealkylation sites (N-methyl/N-ethyl adjacent to an activating group) is 1. The monoisotopic (exact) mass is 664 g/mol. The summed E-state index contributed by atoms with van der Waals surface area (Å²) >= 11 is 6.48. The fourth-order valence-electron chi connectivity index (χ4n) is 4.88. The molecule has 240 valence electrons. The third-order valence-electron chi connectivity index (χ3n) is 7.42. The molecule has 0 radical (unpaired) electrons. The van der Waals surface area contributed by atoms with Crippen molar-refractivity contribution in [3.8, 4) is 5.75 Å². The lowest BCUT2D eigenvalue weighted by Gasteiger charge is -2.33. The van der Waals surface area contributed by atoms with Gasteiger partial charge in [-0.15, -0.1) is 0 Å². The van der Waals surface area contributed by atoms with Gasteiger partial charge in [-0.3, -0.25) is 24.0 Å². The number of sulfonamides is 1. The number of methoxy groups -OCH3 is 1. The fourth-order valence-corrected chi connectivity index (χ4v) is 6.51. The predicted molar refractivity (Wildman–Crippen MR) is 175 cm³/mol. The molecule has 0 unspecified atom stereocenters. The van der Waals surface area contributed by atoms with E-state index in [0.717, 1.165) is 15.9 Å². The van der Waals surface area contributed by atoms with Gasteiger partial charge in [-0.1, -0.05) is 66.2 Å². The Labute approximate surface area is 272 Å². The molecule has 0 aliphatic carbocycles. The van der Waals surface area contributed by atoms with E-state index in [4.69, 9.17) is 16.3 Å². The zero-order chi connectivity index (χ0) is 33.4. The second-order valence-corrected chi connectivity index (χ2v) is 12.6. The fraction of sp³-hybridized carbons (Fsp3) is 0.212. The summed E-state index contributed by atoms with van der Waals surface area (Å²) in [5.74, 6) is -0.719. The Morgan fingerprint density at radius 1 is 0.978 bits per heavy atom. The second kappa shape index (κ2) is 14.9. The van der Waals surface area contributed by atoms with Gasteiger partial charge in [0.1, 0.15) is 18.3 Å². The van der Waals surface area contributed by atoms with Crippen LogP contribution < -0.4 is 14.4 Å². The van der Waals surface area contributed by atoms with Gasteiger partial charge in [-0.2, -0.15) is 0 Å². The van der Waals surface area contributed by atoms with Crippen LogP contribution in [-0.4, -0.2) is 56.8 Å². The number of rotatable bonds is 13. The predicted octanol–water partition coefficient (Wildman–Crippen LogP) is 5.15. The molecular formula is C33H33ClN4O7S. The van der Waals surface area contributed by atoms with Crippen molar-refractivity contribution in [3.63, 3.8) is 0 Å². The molecule has 13 heteroatoms. The van der Waals surface area contributed by atoms with Crippen molar-refractivity contribution in [1.29, 1.82) is 0 Å². The van der Waals surface area contributed by atoms with Crippen molar-refractivity contribution in [3.05, 3.63) is 129 Å². The van der Waals surface area contributed by atoms with E-state index in [0.29, 0.717) is 16.3 Å². The van der Waals surface area contributed by atoms with Crippen LogP contribution >= 0.6 is 11.6 Å². The van der Waals surface area contributed by atoms with Crippen LogP contribution in [0.4, 0.5) is 11.4 Å². The van der Waals surface area contributed by atoms with E-state index in [1.807, 2.05) is 30.3 Å². The van der Waals surface area contributed by atoms with Crippen molar-refractivity contribution < 1.29 is 27.7 Å². The van der Waals surface area contributed by atoms with Crippen LogP contribution in [-0.2, 0) is 32.6 Å². The maximum atomic E-state index is 14.4. The summed E-state index contributed by atoms with van der Waals surface area (Å²) in [4.78, 5) is 39.7. The first-order valence-electron chi connectivity index (χ1n) is 14.2. The number of amides is 2. The highest BCUT2D eigenvalue weighted by atomic mass is 35.5. The van der Waals surface area contributed by atoms with Gasteiger partial charge in [-0.05, 0) is 54.4 Å². The van der Waals surface area contributed by atoms with E-state index < -0.39 is 39.3 Å². The molecule has 0 aromatic heterocycles. The van der Waals surface area contributed by atoms with Gasteiger partial charge >= 0.3 is 0 Å². The Morgan fingerprint density at radius 2 is 1.63 bits per heavy atom. The largest absolute Gasteiger partial charge is 0.497 e. The standard InChI is InChI=1S/C33H33ClN4O7S/c1-23-13-18-28(20-30(23)38(41)42)46(43,44)37(26-14-16-27(45-3)17-15-26)22-32(39)36(21-25-11-7-8-12-29(25)34)31(33(40)35-2)19-24-9-5-4-6-10-24/h4-18,20,31H,19,21-22H2,1-3H3,(H,35,40)/t31-/m0/s1. The van der Waals surface area contributed by atoms with Crippen LogP contribution in [0.3, 0.4) is 0 Å². The van der Waals surface area contributed by atoms with Gasteiger partial charge in [0, 0.05) is 36.7 Å². The number of nitro benzene ring substituents is 1. The van der Waals surface area contributed by atoms with Gasteiger partial charge in [0.2, 0.25) is 11.8 Å². The molecule has 46 heavy (non-hydrogen) atoms. The molecule has 0 saturated carbocycles. The number of anilines is 1. The van der Waals surface area contributed by atoms with Gasteiger partial charge in [0.05, 0.1) is 22.6 Å². The number of benzene rings is 4. The number of hydrogen-bond acceptors (Lipinski definition) is 7. The summed E-state index contributed by atoms with van der Waals surface area (Å²) in [6.07, 6.45) is 0.135. The maximum Gasteiger partial charge on any atom is 0.273 e. The third-order valence-corrected chi connectivity index (χ3v) is 9.56. The van der Waals surface area contributed by atoms with E-state index in [-0.39, 0.29) is 34.8 Å². The summed E-state index contributed by atoms with van der Waals surface area (Å²) < 4.78 is 34.5. The van der Waals surface area contributed by atoms with Gasteiger partial charge < -0.3 is 15.0 Å². The topological polar surface area (TPSA) is 139 Å². The Balaban J connectivity index is 1.83. The first kappa shape index (κ1) is 33.9. The number of aryl methyl sites for hydroxylation is 1. The van der Waals surface area contributed by atoms with Crippen LogP contribution in [0.2, 0.25) is 5.02 Å². The molecule has 2 amide bonds. The molecule has 0 aliphatic rings. The minimum atomic E-state index is -4.55. The molecule has 0 bridgehead atoms. The smallest absolute Gasteiger partial charge is 0.273 e. The lowest BCUT2D eigenvalue weighted by molar-refractivity contribution is -0.385. The van der Waals surface area contributed by atoms with Crippen molar-refractivity contribution in [2.24, 2.45) is 0 Å². The maximum absolute atomic E-state index is 14.4. The Morgan fingerprint density at radius 3 is 2.24 bits per heavy atom. The zero-order valence-corrected chi connectivity index (χ0v) is 27.0. The third kappa shape index (κ3) is 7.82. The summed E-state index contributed by atoms with van der Waals surface area (Å²) in [6.45, 7) is 0.663. The first-order valence-corrected chi connectivity index (χ1v) is 16.0. The average Bonchev–Trinajstić information content (AvgIpc) is 3.06. The highest BCUT2D eigenvalue weighted by Gasteiger charge is 2.35. The molecule has 0 fully saturated rings. The molecule has 4 aromatic rings. The normalized spacial score (nSPS) is 11.7. The van der Waals surface area contributed by atoms with Crippen LogP contribution in [0.5, 0.6) is 5.75 Å². The second-order valence-electron chi connectivity index (χ2n) is 10.3. The number of ether oxygens (including phenoxy) is 1. The van der Waals surface area contributed by atoms with Gasteiger partial charge in [0.25, 0.3) is 15.7 Å². The molecule has 0 spiro atoms. The quantitative estimate of drug-likeness (QED) is 0.154. The van der Waals surface area contributed by atoms with Gasteiger partial charge in [-0.25, -0.2) is 8.42 Å². The first-order chi connectivity index (χ1) is 22.0. The summed E-state index contributed by atoms with van der Waals surface area (Å²) in [5, 5.41) is 14.7. The number of nitrogens with zero attached hydrogens (tertiary/aromatic N) is 3. The van der Waals surface area contributed by atoms with E-state index >= 15 is 0 Å². The molecule has 11 nitrogen and oxygen atoms in total. The molecule has 0 saturated heterocycles. The lowest BCUT2D eigenvalue weighted by Crippen LogP contribution is -2.53. The number of halogens is 1. The zero-order valence-electron chi connectivity index (χ0n) is 25.4. The van der Waals surface area contributed by atoms with E-state index in [1.54, 1.807) is 24.3 Å². The summed E-state index contributed by atoms with van der Waals surface area (Å²) in [5.41, 5.74) is 1.32. The Kier molecular flexibility index (Phi) is 11.0. The lowest BCUT2D eigenvalue weighted by atomic mass is 10.0. The molecule has 0 aliphatic heterocycles.